The van der Waals surface area contributed by atoms with E-state index in [-0.39, 0.29) is 29.7 Å². The number of rotatable bonds is 9. The van der Waals surface area contributed by atoms with Crippen LogP contribution >= 0.6 is 11.6 Å². The normalized spacial score (nSPS) is 17.9. The van der Waals surface area contributed by atoms with Crippen molar-refractivity contribution in [2.45, 2.75) is 24.7 Å². The summed E-state index contributed by atoms with van der Waals surface area (Å²) in [4.78, 5) is 4.17. The van der Waals surface area contributed by atoms with Gasteiger partial charge in [0.2, 0.25) is 0 Å². The Bertz CT molecular complexity index is 769. The first-order chi connectivity index (χ1) is 12.7. The van der Waals surface area contributed by atoms with Gasteiger partial charge in [0.15, 0.2) is 0 Å². The van der Waals surface area contributed by atoms with Crippen molar-refractivity contribution in [3.05, 3.63) is 46.4 Å². The largest absolute Gasteiger partial charge is 0.387 e. The fraction of sp³-hybridized carbons (Fsp3) is 0.471. The SMILES string of the molecule is CS(=O)CCN(N)/C(=C\CN=C(N)C1(c2cccc(F)c2Cl)CC1)C(F)F. The molecule has 4 N–H and O–H groups in total. The molecule has 1 fully saturated rings. The van der Waals surface area contributed by atoms with Crippen molar-refractivity contribution in [3.8, 4) is 0 Å². The van der Waals surface area contributed by atoms with Crippen LogP contribution in [0, 0.1) is 5.82 Å². The number of nitrogens with zero attached hydrogens (tertiary/aromatic N) is 2. The lowest BCUT2D eigenvalue weighted by molar-refractivity contribution is 0.141. The number of halogens is 4. The predicted octanol–water partition coefficient (Wildman–Crippen LogP) is 2.57. The van der Waals surface area contributed by atoms with Crippen LogP contribution in [-0.2, 0) is 16.2 Å². The molecule has 0 spiro atoms. The molecule has 150 valence electrons. The van der Waals surface area contributed by atoms with Crippen LogP contribution in [0.1, 0.15) is 18.4 Å². The molecular formula is C17H22ClF3N4OS. The van der Waals surface area contributed by atoms with Gasteiger partial charge >= 0.3 is 0 Å². The summed E-state index contributed by atoms with van der Waals surface area (Å²) in [7, 11) is -1.14. The van der Waals surface area contributed by atoms with Crippen molar-refractivity contribution in [2.24, 2.45) is 16.6 Å². The van der Waals surface area contributed by atoms with Gasteiger partial charge in [0.1, 0.15) is 11.7 Å². The minimum atomic E-state index is -2.80. The molecule has 27 heavy (non-hydrogen) atoms. The van der Waals surface area contributed by atoms with Crippen molar-refractivity contribution in [1.29, 1.82) is 0 Å². The van der Waals surface area contributed by atoms with E-state index in [9.17, 15) is 17.4 Å². The zero-order chi connectivity index (χ0) is 20.2. The van der Waals surface area contributed by atoms with Crippen LogP contribution in [0.3, 0.4) is 0 Å². The van der Waals surface area contributed by atoms with Crippen molar-refractivity contribution in [1.82, 2.24) is 5.01 Å². The van der Waals surface area contributed by atoms with Gasteiger partial charge in [0, 0.05) is 29.4 Å². The molecule has 0 heterocycles. The van der Waals surface area contributed by atoms with E-state index < -0.39 is 34.2 Å². The van der Waals surface area contributed by atoms with Crippen LogP contribution in [0.4, 0.5) is 13.2 Å². The van der Waals surface area contributed by atoms with E-state index >= 15 is 0 Å². The van der Waals surface area contributed by atoms with Gasteiger partial charge in [-0.25, -0.2) is 19.0 Å². The maximum absolute atomic E-state index is 13.7. The lowest BCUT2D eigenvalue weighted by atomic mass is 9.94. The van der Waals surface area contributed by atoms with Gasteiger partial charge in [-0.15, -0.1) is 0 Å². The number of alkyl halides is 2. The van der Waals surface area contributed by atoms with Gasteiger partial charge < -0.3 is 10.7 Å². The minimum absolute atomic E-state index is 0.00217. The molecular weight excluding hydrogens is 401 g/mol. The molecule has 10 heteroatoms. The van der Waals surface area contributed by atoms with Crippen LogP contribution in [0.25, 0.3) is 0 Å². The van der Waals surface area contributed by atoms with Crippen molar-refractivity contribution in [3.63, 3.8) is 0 Å². The molecule has 0 radical (unpaired) electrons. The van der Waals surface area contributed by atoms with Crippen molar-refractivity contribution >= 4 is 28.2 Å². The van der Waals surface area contributed by atoms with Crippen molar-refractivity contribution < 1.29 is 17.4 Å². The second-order valence-electron chi connectivity index (χ2n) is 6.31. The molecule has 5 nitrogen and oxygen atoms in total. The van der Waals surface area contributed by atoms with E-state index in [2.05, 4.69) is 4.99 Å². The lowest BCUT2D eigenvalue weighted by Crippen LogP contribution is -2.36. The number of aliphatic imine (C=N–C) groups is 1. The fourth-order valence-corrected chi connectivity index (χ4v) is 3.50. The second kappa shape index (κ2) is 9.07. The first-order valence-corrected chi connectivity index (χ1v) is 10.3. The summed E-state index contributed by atoms with van der Waals surface area (Å²) in [5.74, 6) is 5.47. The number of amidine groups is 1. The van der Waals surface area contributed by atoms with Gasteiger partial charge in [-0.05, 0) is 30.5 Å². The molecule has 1 saturated carbocycles. The zero-order valence-corrected chi connectivity index (χ0v) is 16.4. The Balaban J connectivity index is 2.14. The van der Waals surface area contributed by atoms with Gasteiger partial charge in [0.05, 0.1) is 22.7 Å². The molecule has 1 aliphatic carbocycles. The number of hydrogen-bond acceptors (Lipinski definition) is 4. The highest BCUT2D eigenvalue weighted by Gasteiger charge is 2.49. The maximum Gasteiger partial charge on any atom is 0.279 e. The third kappa shape index (κ3) is 5.24. The summed E-state index contributed by atoms with van der Waals surface area (Å²) in [5, 5.41) is 0.867. The van der Waals surface area contributed by atoms with E-state index in [0.29, 0.717) is 18.4 Å². The third-order valence-electron chi connectivity index (χ3n) is 4.44. The predicted molar refractivity (Wildman–Crippen MR) is 103 cm³/mol. The van der Waals surface area contributed by atoms with Crippen LogP contribution in [0.15, 0.2) is 35.0 Å². The second-order valence-corrected chi connectivity index (χ2v) is 8.24. The molecule has 0 aliphatic heterocycles. The highest BCUT2D eigenvalue weighted by Crippen LogP contribution is 2.51. The Morgan fingerprint density at radius 2 is 2.15 bits per heavy atom. The van der Waals surface area contributed by atoms with Gasteiger partial charge in [-0.2, -0.15) is 0 Å². The fourth-order valence-electron chi connectivity index (χ4n) is 2.74. The summed E-state index contributed by atoms with van der Waals surface area (Å²) >= 11 is 6.04. The third-order valence-corrected chi connectivity index (χ3v) is 5.59. The van der Waals surface area contributed by atoms with Crippen LogP contribution in [0.5, 0.6) is 0 Å². The van der Waals surface area contributed by atoms with E-state index in [0.717, 1.165) is 5.01 Å². The first kappa shape index (κ1) is 21.7. The number of nitrogens with two attached hydrogens (primary N) is 2. The van der Waals surface area contributed by atoms with Crippen LogP contribution in [0.2, 0.25) is 5.02 Å². The van der Waals surface area contributed by atoms with Crippen LogP contribution in [-0.4, -0.2) is 46.6 Å². The molecule has 2 rings (SSSR count). The molecule has 0 aromatic heterocycles. The molecule has 0 bridgehead atoms. The molecule has 1 unspecified atom stereocenters. The van der Waals surface area contributed by atoms with E-state index in [1.807, 2.05) is 0 Å². The summed E-state index contributed by atoms with van der Waals surface area (Å²) < 4.78 is 51.2. The number of allylic oxidation sites excluding steroid dienone is 1. The van der Waals surface area contributed by atoms with Gasteiger partial charge in [0.25, 0.3) is 6.43 Å². The van der Waals surface area contributed by atoms with Gasteiger partial charge in [-0.3, -0.25) is 9.20 Å². The summed E-state index contributed by atoms with van der Waals surface area (Å²) in [6.45, 7) is -0.0789. The summed E-state index contributed by atoms with van der Waals surface area (Å²) in [6, 6.07) is 4.49. The maximum atomic E-state index is 13.7. The smallest absolute Gasteiger partial charge is 0.279 e. The number of benzene rings is 1. The monoisotopic (exact) mass is 422 g/mol. The van der Waals surface area contributed by atoms with Crippen LogP contribution < -0.4 is 11.6 Å². The molecule has 1 aliphatic rings. The van der Waals surface area contributed by atoms with Crippen molar-refractivity contribution in [2.75, 3.05) is 25.1 Å². The van der Waals surface area contributed by atoms with E-state index in [1.54, 1.807) is 12.1 Å². The Morgan fingerprint density at radius 1 is 1.48 bits per heavy atom. The Morgan fingerprint density at radius 3 is 2.70 bits per heavy atom. The molecule has 1 aromatic rings. The average Bonchev–Trinajstić information content (AvgIpc) is 3.40. The number of hydrogen-bond donors (Lipinski definition) is 2. The average molecular weight is 423 g/mol. The molecule has 0 saturated heterocycles. The molecule has 1 atom stereocenters. The number of hydrazine groups is 1. The Labute approximate surface area is 163 Å². The summed E-state index contributed by atoms with van der Waals surface area (Å²) in [6.07, 6.45) is 1.16. The van der Waals surface area contributed by atoms with Gasteiger partial charge in [-0.1, -0.05) is 23.7 Å². The standard InChI is InChI=1S/C17H22ClF3N4OS/c1-27(26)10-9-25(23)13(15(20)21)5-8-24-16(22)17(6-7-17)11-3-2-4-12(19)14(11)18/h2-5,15H,6-10,23H2,1H3,(H2,22,24)/b13-5-. The van der Waals surface area contributed by atoms with E-state index in [1.165, 1.54) is 18.4 Å². The first-order valence-electron chi connectivity index (χ1n) is 8.24. The minimum Gasteiger partial charge on any atom is -0.387 e. The molecule has 1 aromatic carbocycles. The molecule has 0 amide bonds. The quantitative estimate of drug-likeness (QED) is 0.277. The highest BCUT2D eigenvalue weighted by atomic mass is 35.5. The Hall–Kier alpha value is -1.58. The summed E-state index contributed by atoms with van der Waals surface area (Å²) in [5.41, 5.74) is 5.55. The van der Waals surface area contributed by atoms with E-state index in [4.69, 9.17) is 23.2 Å². The Kier molecular flexibility index (Phi) is 7.30. The zero-order valence-electron chi connectivity index (χ0n) is 14.8. The highest BCUT2D eigenvalue weighted by molar-refractivity contribution is 7.84. The lowest BCUT2D eigenvalue weighted by Gasteiger charge is -2.21. The topological polar surface area (TPSA) is 84.7 Å².